The molecule has 2 rings (SSSR count). The topological polar surface area (TPSA) is 50.2 Å². The summed E-state index contributed by atoms with van der Waals surface area (Å²) >= 11 is 1.29. The quantitative estimate of drug-likeness (QED) is 0.916. The first-order chi connectivity index (χ1) is 9.34. The molecule has 1 N–H and O–H groups in total. The van der Waals surface area contributed by atoms with Crippen molar-refractivity contribution < 1.29 is 9.90 Å². The van der Waals surface area contributed by atoms with Gasteiger partial charge in [0.15, 0.2) is 0 Å². The molecule has 3 nitrogen and oxygen atoms in total. The Balaban J connectivity index is 2.39. The Bertz CT molecular complexity index is 617. The molecule has 0 fully saturated rings. The SMILES string of the molecule is Cc1nc(C(C)(C)C(C)c2ccccc2)sc1C(=O)O. The number of carboxylic acids is 1. The van der Waals surface area contributed by atoms with Crippen LogP contribution in [0.3, 0.4) is 0 Å². The summed E-state index contributed by atoms with van der Waals surface area (Å²) < 4.78 is 0. The molecule has 1 aromatic carbocycles. The van der Waals surface area contributed by atoms with Gasteiger partial charge in [-0.25, -0.2) is 9.78 Å². The van der Waals surface area contributed by atoms with E-state index in [0.29, 0.717) is 10.6 Å². The van der Waals surface area contributed by atoms with Gasteiger partial charge in [0.2, 0.25) is 0 Å². The second-order valence-corrected chi connectivity index (χ2v) is 6.59. The Morgan fingerprint density at radius 1 is 1.30 bits per heavy atom. The molecule has 1 aromatic heterocycles. The summed E-state index contributed by atoms with van der Waals surface area (Å²) in [7, 11) is 0. The predicted molar refractivity (Wildman–Crippen MR) is 81.7 cm³/mol. The van der Waals surface area contributed by atoms with Crippen molar-refractivity contribution in [3.8, 4) is 0 Å². The van der Waals surface area contributed by atoms with Gasteiger partial charge in [0.05, 0.1) is 10.7 Å². The summed E-state index contributed by atoms with van der Waals surface area (Å²) in [4.78, 5) is 16.0. The number of carbonyl (C=O) groups is 1. The summed E-state index contributed by atoms with van der Waals surface area (Å²) in [5.41, 5.74) is 1.64. The number of thiazole rings is 1. The Labute approximate surface area is 123 Å². The molecule has 4 heteroatoms. The minimum Gasteiger partial charge on any atom is -0.477 e. The van der Waals surface area contributed by atoms with Gasteiger partial charge in [-0.05, 0) is 18.4 Å². The van der Waals surface area contributed by atoms with E-state index in [1.54, 1.807) is 6.92 Å². The average molecular weight is 289 g/mol. The molecule has 1 atom stereocenters. The number of hydrogen-bond donors (Lipinski definition) is 1. The highest BCUT2D eigenvalue weighted by molar-refractivity contribution is 7.13. The molecule has 1 unspecified atom stereocenters. The van der Waals surface area contributed by atoms with Crippen LogP contribution >= 0.6 is 11.3 Å². The standard InChI is InChI=1S/C16H19NO2S/c1-10(12-8-6-5-7-9-12)16(3,4)15-17-11(2)13(20-15)14(18)19/h5-10H,1-4H3,(H,18,19). The van der Waals surface area contributed by atoms with E-state index < -0.39 is 5.97 Å². The van der Waals surface area contributed by atoms with Crippen LogP contribution in [0, 0.1) is 6.92 Å². The van der Waals surface area contributed by atoms with E-state index >= 15 is 0 Å². The lowest BCUT2D eigenvalue weighted by molar-refractivity contribution is 0.0701. The van der Waals surface area contributed by atoms with Crippen molar-refractivity contribution in [1.29, 1.82) is 0 Å². The van der Waals surface area contributed by atoms with Gasteiger partial charge >= 0.3 is 5.97 Å². The van der Waals surface area contributed by atoms with Gasteiger partial charge in [0.1, 0.15) is 4.88 Å². The molecule has 106 valence electrons. The highest BCUT2D eigenvalue weighted by atomic mass is 32.1. The van der Waals surface area contributed by atoms with Crippen LogP contribution < -0.4 is 0 Å². The smallest absolute Gasteiger partial charge is 0.347 e. The first kappa shape index (κ1) is 14.7. The molecule has 0 spiro atoms. The van der Waals surface area contributed by atoms with Crippen LogP contribution in [0.4, 0.5) is 0 Å². The molecule has 20 heavy (non-hydrogen) atoms. The van der Waals surface area contributed by atoms with Crippen LogP contribution in [0.25, 0.3) is 0 Å². The van der Waals surface area contributed by atoms with Crippen molar-refractivity contribution in [3.63, 3.8) is 0 Å². The van der Waals surface area contributed by atoms with Crippen LogP contribution in [0.5, 0.6) is 0 Å². The van der Waals surface area contributed by atoms with Crippen LogP contribution in [0.1, 0.15) is 52.6 Å². The average Bonchev–Trinajstić information content (AvgIpc) is 2.82. The van der Waals surface area contributed by atoms with Crippen molar-refractivity contribution in [2.24, 2.45) is 0 Å². The molecule has 0 saturated heterocycles. The molecule has 0 amide bonds. The summed E-state index contributed by atoms with van der Waals surface area (Å²) in [5, 5.41) is 10.0. The molecular formula is C16H19NO2S. The number of aryl methyl sites for hydroxylation is 1. The Kier molecular flexibility index (Phi) is 3.95. The Morgan fingerprint density at radius 3 is 2.40 bits per heavy atom. The fraction of sp³-hybridized carbons (Fsp3) is 0.375. The third kappa shape index (κ3) is 2.61. The van der Waals surface area contributed by atoms with Gasteiger partial charge in [-0.3, -0.25) is 0 Å². The molecule has 0 bridgehead atoms. The first-order valence-corrected chi connectivity index (χ1v) is 7.42. The van der Waals surface area contributed by atoms with Crippen molar-refractivity contribution >= 4 is 17.3 Å². The number of carboxylic acid groups (broad SMARTS) is 1. The maximum Gasteiger partial charge on any atom is 0.347 e. The lowest BCUT2D eigenvalue weighted by Gasteiger charge is -2.30. The van der Waals surface area contributed by atoms with Crippen LogP contribution in [-0.4, -0.2) is 16.1 Å². The molecule has 1 heterocycles. The zero-order valence-corrected chi connectivity index (χ0v) is 13.0. The monoisotopic (exact) mass is 289 g/mol. The van der Waals surface area contributed by atoms with Crippen LogP contribution in [0.2, 0.25) is 0 Å². The number of aromatic nitrogens is 1. The van der Waals surface area contributed by atoms with Gasteiger partial charge in [0.25, 0.3) is 0 Å². The highest BCUT2D eigenvalue weighted by Gasteiger charge is 2.33. The molecule has 2 aromatic rings. The van der Waals surface area contributed by atoms with E-state index in [1.165, 1.54) is 16.9 Å². The normalized spacial score (nSPS) is 13.2. The van der Waals surface area contributed by atoms with E-state index in [9.17, 15) is 9.90 Å². The minimum absolute atomic E-state index is 0.204. The van der Waals surface area contributed by atoms with Crippen molar-refractivity contribution in [3.05, 3.63) is 51.5 Å². The van der Waals surface area contributed by atoms with Crippen LogP contribution in [0.15, 0.2) is 30.3 Å². The lowest BCUT2D eigenvalue weighted by Crippen LogP contribution is -2.24. The van der Waals surface area contributed by atoms with Gasteiger partial charge in [-0.2, -0.15) is 0 Å². The van der Waals surface area contributed by atoms with E-state index in [1.807, 2.05) is 18.2 Å². The van der Waals surface area contributed by atoms with Crippen molar-refractivity contribution in [2.45, 2.75) is 39.0 Å². The molecule has 0 saturated carbocycles. The molecule has 0 radical (unpaired) electrons. The number of rotatable bonds is 4. The zero-order valence-electron chi connectivity index (χ0n) is 12.2. The highest BCUT2D eigenvalue weighted by Crippen LogP contribution is 2.40. The van der Waals surface area contributed by atoms with Crippen molar-refractivity contribution in [2.75, 3.05) is 0 Å². The summed E-state index contributed by atoms with van der Waals surface area (Å²) in [5.74, 6) is -0.634. The zero-order chi connectivity index (χ0) is 14.9. The third-order valence-electron chi connectivity index (χ3n) is 3.92. The van der Waals surface area contributed by atoms with Gasteiger partial charge in [-0.15, -0.1) is 11.3 Å². The summed E-state index contributed by atoms with van der Waals surface area (Å²) in [6.07, 6.45) is 0. The molecule has 0 aliphatic heterocycles. The second kappa shape index (κ2) is 5.37. The van der Waals surface area contributed by atoms with E-state index in [2.05, 4.69) is 37.9 Å². The fourth-order valence-electron chi connectivity index (χ4n) is 2.21. The Morgan fingerprint density at radius 2 is 1.90 bits per heavy atom. The van der Waals surface area contributed by atoms with E-state index in [4.69, 9.17) is 0 Å². The Hall–Kier alpha value is -1.68. The summed E-state index contributed by atoms with van der Waals surface area (Å²) in [6.45, 7) is 8.16. The maximum absolute atomic E-state index is 11.2. The second-order valence-electron chi connectivity index (χ2n) is 5.59. The fourth-order valence-corrected chi connectivity index (χ4v) is 3.31. The minimum atomic E-state index is -0.894. The molecule has 0 aliphatic carbocycles. The lowest BCUT2D eigenvalue weighted by atomic mass is 9.76. The largest absolute Gasteiger partial charge is 0.477 e. The maximum atomic E-state index is 11.2. The third-order valence-corrected chi connectivity index (χ3v) is 5.41. The molecular weight excluding hydrogens is 270 g/mol. The number of aromatic carboxylic acids is 1. The summed E-state index contributed by atoms with van der Waals surface area (Å²) in [6, 6.07) is 10.3. The first-order valence-electron chi connectivity index (χ1n) is 6.60. The van der Waals surface area contributed by atoms with Gasteiger partial charge < -0.3 is 5.11 Å². The van der Waals surface area contributed by atoms with E-state index in [-0.39, 0.29) is 11.3 Å². The number of nitrogens with zero attached hydrogens (tertiary/aromatic N) is 1. The van der Waals surface area contributed by atoms with Gasteiger partial charge in [-0.1, -0.05) is 51.1 Å². The van der Waals surface area contributed by atoms with E-state index in [0.717, 1.165) is 5.01 Å². The predicted octanol–water partition coefficient (Wildman–Crippen LogP) is 4.23. The van der Waals surface area contributed by atoms with Crippen molar-refractivity contribution in [1.82, 2.24) is 4.98 Å². The molecule has 0 aliphatic rings. The number of hydrogen-bond acceptors (Lipinski definition) is 3. The number of benzene rings is 1. The van der Waals surface area contributed by atoms with Crippen LogP contribution in [-0.2, 0) is 5.41 Å². The van der Waals surface area contributed by atoms with Gasteiger partial charge in [0, 0.05) is 5.41 Å².